The molecule has 0 saturated heterocycles. The minimum Gasteiger partial charge on any atom is -0.468 e. The first-order valence-corrected chi connectivity index (χ1v) is 5.55. The Morgan fingerprint density at radius 2 is 1.94 bits per heavy atom. The smallest absolute Gasteiger partial charge is 0.293 e. The van der Waals surface area contributed by atoms with Crippen molar-refractivity contribution in [3.63, 3.8) is 0 Å². The van der Waals surface area contributed by atoms with Crippen molar-refractivity contribution >= 4 is 23.3 Å². The molecule has 0 aliphatic carbocycles. The monoisotopic (exact) mass is 226 g/mol. The summed E-state index contributed by atoms with van der Waals surface area (Å²) in [6, 6.07) is 12.3. The summed E-state index contributed by atoms with van der Waals surface area (Å²) in [5, 5.41) is 2.38. The lowest BCUT2D eigenvalue weighted by molar-refractivity contribution is -0.128. The number of fused-ring (bicyclic) bond motifs is 1. The van der Waals surface area contributed by atoms with E-state index in [-0.39, 0.29) is 0 Å². The molecule has 0 amide bonds. The maximum absolute atomic E-state index is 10.1. The molecular weight excluding hydrogens is 212 g/mol. The summed E-state index contributed by atoms with van der Waals surface area (Å²) in [5.41, 5.74) is 2.30. The van der Waals surface area contributed by atoms with Crippen molar-refractivity contribution in [1.29, 1.82) is 0 Å². The predicted octanol–water partition coefficient (Wildman–Crippen LogP) is 3.20. The van der Waals surface area contributed by atoms with Crippen LogP contribution in [0.15, 0.2) is 43.0 Å². The standard InChI is InChI=1S/C15H14O2/c1-2-12-5-3-6-13-7-4-8-14(15(12)13)9-10-17-11-16/h2-8,11H,1,9-10H2. The predicted molar refractivity (Wildman–Crippen MR) is 69.8 cm³/mol. The van der Waals surface area contributed by atoms with Crippen LogP contribution in [0.2, 0.25) is 0 Å². The molecule has 17 heavy (non-hydrogen) atoms. The highest BCUT2D eigenvalue weighted by atomic mass is 16.5. The van der Waals surface area contributed by atoms with Crippen LogP contribution in [0.4, 0.5) is 0 Å². The average Bonchev–Trinajstić information content (AvgIpc) is 2.38. The fraction of sp³-hybridized carbons (Fsp3) is 0.133. The number of benzene rings is 2. The molecule has 0 unspecified atom stereocenters. The summed E-state index contributed by atoms with van der Waals surface area (Å²) in [7, 11) is 0. The van der Waals surface area contributed by atoms with Crippen molar-refractivity contribution < 1.29 is 9.53 Å². The second-order valence-electron chi connectivity index (χ2n) is 3.78. The van der Waals surface area contributed by atoms with Crippen molar-refractivity contribution in [3.05, 3.63) is 54.1 Å². The number of carbonyl (C=O) groups is 1. The van der Waals surface area contributed by atoms with Gasteiger partial charge in [-0.15, -0.1) is 0 Å². The number of hydrogen-bond acceptors (Lipinski definition) is 2. The minimum atomic E-state index is 0.411. The van der Waals surface area contributed by atoms with Crippen molar-refractivity contribution in [2.45, 2.75) is 6.42 Å². The van der Waals surface area contributed by atoms with Gasteiger partial charge < -0.3 is 4.74 Å². The first-order chi connectivity index (χ1) is 8.36. The maximum Gasteiger partial charge on any atom is 0.293 e. The van der Waals surface area contributed by atoms with Crippen LogP contribution in [0.5, 0.6) is 0 Å². The Hall–Kier alpha value is -2.09. The lowest BCUT2D eigenvalue weighted by Gasteiger charge is -2.08. The second-order valence-corrected chi connectivity index (χ2v) is 3.78. The molecule has 0 heterocycles. The van der Waals surface area contributed by atoms with Gasteiger partial charge in [0.15, 0.2) is 0 Å². The molecule has 0 aliphatic heterocycles. The molecule has 0 fully saturated rings. The average molecular weight is 226 g/mol. The highest BCUT2D eigenvalue weighted by molar-refractivity contribution is 5.93. The molecule has 2 aromatic carbocycles. The van der Waals surface area contributed by atoms with E-state index in [2.05, 4.69) is 24.8 Å². The fourth-order valence-corrected chi connectivity index (χ4v) is 2.05. The fourth-order valence-electron chi connectivity index (χ4n) is 2.05. The summed E-state index contributed by atoms with van der Waals surface area (Å²) in [5.74, 6) is 0. The maximum atomic E-state index is 10.1. The molecule has 0 saturated carbocycles. The molecule has 2 nitrogen and oxygen atoms in total. The van der Waals surface area contributed by atoms with Crippen LogP contribution in [-0.2, 0) is 16.0 Å². The van der Waals surface area contributed by atoms with Gasteiger partial charge in [0.1, 0.15) is 0 Å². The highest BCUT2D eigenvalue weighted by Crippen LogP contribution is 2.24. The van der Waals surface area contributed by atoms with E-state index < -0.39 is 0 Å². The molecule has 0 bridgehead atoms. The van der Waals surface area contributed by atoms with Crippen LogP contribution in [0.3, 0.4) is 0 Å². The molecule has 0 atom stereocenters. The van der Waals surface area contributed by atoms with E-state index in [1.54, 1.807) is 0 Å². The third kappa shape index (κ3) is 2.36. The number of hydrogen-bond donors (Lipinski definition) is 0. The molecule has 0 aliphatic rings. The van der Waals surface area contributed by atoms with Gasteiger partial charge >= 0.3 is 0 Å². The third-order valence-electron chi connectivity index (χ3n) is 2.80. The lowest BCUT2D eigenvalue weighted by atomic mass is 9.97. The van der Waals surface area contributed by atoms with Crippen LogP contribution in [0, 0.1) is 0 Å². The Morgan fingerprint density at radius 1 is 1.18 bits per heavy atom. The number of ether oxygens (including phenoxy) is 1. The Kier molecular flexibility index (Phi) is 3.55. The zero-order valence-corrected chi connectivity index (χ0v) is 9.56. The quantitative estimate of drug-likeness (QED) is 0.578. The van der Waals surface area contributed by atoms with Crippen molar-refractivity contribution in [2.24, 2.45) is 0 Å². The normalized spacial score (nSPS) is 10.1. The van der Waals surface area contributed by atoms with Gasteiger partial charge in [0, 0.05) is 6.42 Å². The third-order valence-corrected chi connectivity index (χ3v) is 2.80. The zero-order chi connectivity index (χ0) is 12.1. The lowest BCUT2D eigenvalue weighted by Crippen LogP contribution is -1.98. The molecule has 0 aromatic heterocycles. The molecule has 0 radical (unpaired) electrons. The van der Waals surface area contributed by atoms with Crippen LogP contribution >= 0.6 is 0 Å². The Labute approximate surface area is 101 Å². The highest BCUT2D eigenvalue weighted by Gasteiger charge is 2.04. The Morgan fingerprint density at radius 3 is 2.65 bits per heavy atom. The van der Waals surface area contributed by atoms with E-state index in [0.29, 0.717) is 13.1 Å². The summed E-state index contributed by atoms with van der Waals surface area (Å²) >= 11 is 0. The van der Waals surface area contributed by atoms with E-state index in [1.807, 2.05) is 24.3 Å². The van der Waals surface area contributed by atoms with Crippen molar-refractivity contribution in [1.82, 2.24) is 0 Å². The first-order valence-electron chi connectivity index (χ1n) is 5.55. The van der Waals surface area contributed by atoms with E-state index in [9.17, 15) is 4.79 Å². The van der Waals surface area contributed by atoms with Crippen molar-refractivity contribution in [2.75, 3.05) is 6.61 Å². The van der Waals surface area contributed by atoms with E-state index >= 15 is 0 Å². The van der Waals surface area contributed by atoms with Gasteiger partial charge in [0.05, 0.1) is 6.61 Å². The van der Waals surface area contributed by atoms with Gasteiger partial charge in [-0.05, 0) is 21.9 Å². The summed E-state index contributed by atoms with van der Waals surface area (Å²) in [6.07, 6.45) is 2.58. The SMILES string of the molecule is C=Cc1cccc2cccc(CCOC=O)c12. The van der Waals surface area contributed by atoms with Crippen LogP contribution < -0.4 is 0 Å². The van der Waals surface area contributed by atoms with E-state index in [0.717, 1.165) is 12.0 Å². The largest absolute Gasteiger partial charge is 0.468 e. The first kappa shape index (κ1) is 11.4. The van der Waals surface area contributed by atoms with Gasteiger partial charge in [0.2, 0.25) is 0 Å². The number of carbonyl (C=O) groups excluding carboxylic acids is 1. The molecular formula is C15H14O2. The van der Waals surface area contributed by atoms with Gasteiger partial charge in [0.25, 0.3) is 6.47 Å². The molecule has 0 N–H and O–H groups in total. The number of rotatable bonds is 5. The summed E-state index contributed by atoms with van der Waals surface area (Å²) < 4.78 is 4.75. The molecule has 2 aromatic rings. The van der Waals surface area contributed by atoms with Gasteiger partial charge in [-0.25, -0.2) is 0 Å². The molecule has 2 rings (SSSR count). The Bertz CT molecular complexity index is 538. The Balaban J connectivity index is 2.46. The van der Waals surface area contributed by atoms with E-state index in [1.165, 1.54) is 16.3 Å². The topological polar surface area (TPSA) is 26.3 Å². The van der Waals surface area contributed by atoms with Crippen LogP contribution in [0.1, 0.15) is 11.1 Å². The van der Waals surface area contributed by atoms with Gasteiger partial charge in [-0.2, -0.15) is 0 Å². The van der Waals surface area contributed by atoms with Crippen molar-refractivity contribution in [3.8, 4) is 0 Å². The van der Waals surface area contributed by atoms with Gasteiger partial charge in [-0.1, -0.05) is 49.1 Å². The molecule has 86 valence electrons. The van der Waals surface area contributed by atoms with Crippen LogP contribution in [-0.4, -0.2) is 13.1 Å². The minimum absolute atomic E-state index is 0.411. The van der Waals surface area contributed by atoms with E-state index in [4.69, 9.17) is 4.74 Å². The zero-order valence-electron chi connectivity index (χ0n) is 9.56. The van der Waals surface area contributed by atoms with Gasteiger partial charge in [-0.3, -0.25) is 4.79 Å². The van der Waals surface area contributed by atoms with Crippen LogP contribution in [0.25, 0.3) is 16.8 Å². The second kappa shape index (κ2) is 5.30. The molecule has 0 spiro atoms. The summed E-state index contributed by atoms with van der Waals surface area (Å²) in [4.78, 5) is 10.1. The molecule has 2 heteroatoms. The summed E-state index contributed by atoms with van der Waals surface area (Å²) in [6.45, 7) is 4.73.